The number of aliphatic hydroxyl groups excluding tert-OH is 1. The molecular weight excluding hydrogens is 312 g/mol. The number of carbonyl (C=O) groups is 2. The number of hydrogen-bond acceptors (Lipinski definition) is 4. The highest BCUT2D eigenvalue weighted by Gasteiger charge is 2.50. The van der Waals surface area contributed by atoms with E-state index < -0.39 is 23.9 Å². The Hall–Kier alpha value is -1.83. The van der Waals surface area contributed by atoms with E-state index in [1.54, 1.807) is 0 Å². The Morgan fingerprint density at radius 3 is 2.33 bits per heavy atom. The molecule has 8 nitrogen and oxygen atoms in total. The summed E-state index contributed by atoms with van der Waals surface area (Å²) in [4.78, 5) is 27.0. The fourth-order valence-electron chi connectivity index (χ4n) is 3.76. The molecular formula is C16H30N4O4. The van der Waals surface area contributed by atoms with Crippen molar-refractivity contribution in [1.29, 1.82) is 0 Å². The van der Waals surface area contributed by atoms with Crippen molar-refractivity contribution in [2.45, 2.75) is 58.2 Å². The van der Waals surface area contributed by atoms with E-state index in [1.807, 2.05) is 13.8 Å². The molecule has 1 rings (SSSR count). The summed E-state index contributed by atoms with van der Waals surface area (Å²) in [6, 6.07) is -0.707. The molecule has 1 fully saturated rings. The summed E-state index contributed by atoms with van der Waals surface area (Å²) in [5.41, 5.74) is 5.75. The van der Waals surface area contributed by atoms with Crippen molar-refractivity contribution in [3.05, 3.63) is 0 Å². The highest BCUT2D eigenvalue weighted by Crippen LogP contribution is 2.37. The monoisotopic (exact) mass is 342 g/mol. The SMILES string of the molecule is CCC(CC)C(NC(C)=O)[C@@H]1[C@H](O)[C@@H](C(=O)O)C[C@H]1NC(N)=NC. The van der Waals surface area contributed by atoms with Gasteiger partial charge in [-0.2, -0.15) is 0 Å². The first-order valence-electron chi connectivity index (χ1n) is 8.43. The van der Waals surface area contributed by atoms with Gasteiger partial charge in [-0.1, -0.05) is 26.7 Å². The van der Waals surface area contributed by atoms with Gasteiger partial charge in [-0.05, 0) is 12.3 Å². The van der Waals surface area contributed by atoms with Crippen LogP contribution < -0.4 is 16.4 Å². The zero-order chi connectivity index (χ0) is 18.4. The van der Waals surface area contributed by atoms with Crippen molar-refractivity contribution >= 4 is 17.8 Å². The average molecular weight is 342 g/mol. The minimum Gasteiger partial charge on any atom is -0.481 e. The molecule has 1 aliphatic carbocycles. The van der Waals surface area contributed by atoms with Gasteiger partial charge in [-0.25, -0.2) is 0 Å². The van der Waals surface area contributed by atoms with E-state index in [4.69, 9.17) is 5.73 Å². The van der Waals surface area contributed by atoms with Gasteiger partial charge in [0.05, 0.1) is 12.0 Å². The van der Waals surface area contributed by atoms with E-state index in [-0.39, 0.29) is 36.3 Å². The second-order valence-electron chi connectivity index (χ2n) is 6.41. The first-order valence-corrected chi connectivity index (χ1v) is 8.43. The van der Waals surface area contributed by atoms with Crippen molar-refractivity contribution in [3.63, 3.8) is 0 Å². The van der Waals surface area contributed by atoms with Crippen molar-refractivity contribution in [2.75, 3.05) is 7.05 Å². The lowest BCUT2D eigenvalue weighted by Gasteiger charge is -2.36. The second kappa shape index (κ2) is 8.86. The molecule has 5 atom stereocenters. The molecule has 0 saturated heterocycles. The van der Waals surface area contributed by atoms with Crippen LogP contribution in [0.5, 0.6) is 0 Å². The Kier molecular flexibility index (Phi) is 7.47. The summed E-state index contributed by atoms with van der Waals surface area (Å²) in [5, 5.41) is 26.0. The summed E-state index contributed by atoms with van der Waals surface area (Å²) in [6.45, 7) is 5.46. The van der Waals surface area contributed by atoms with Crippen LogP contribution in [0.3, 0.4) is 0 Å². The smallest absolute Gasteiger partial charge is 0.309 e. The van der Waals surface area contributed by atoms with Crippen molar-refractivity contribution in [3.8, 4) is 0 Å². The van der Waals surface area contributed by atoms with Crippen molar-refractivity contribution in [1.82, 2.24) is 10.6 Å². The van der Waals surface area contributed by atoms with Crippen molar-refractivity contribution < 1.29 is 19.8 Å². The second-order valence-corrected chi connectivity index (χ2v) is 6.41. The number of guanidine groups is 1. The van der Waals surface area contributed by atoms with Crippen LogP contribution >= 0.6 is 0 Å². The van der Waals surface area contributed by atoms with Gasteiger partial charge < -0.3 is 26.6 Å². The highest BCUT2D eigenvalue weighted by molar-refractivity contribution is 5.78. The lowest BCUT2D eigenvalue weighted by Crippen LogP contribution is -2.55. The van der Waals surface area contributed by atoms with Crippen LogP contribution in [0.15, 0.2) is 4.99 Å². The molecule has 0 aliphatic heterocycles. The predicted octanol–water partition coefficient (Wildman–Crippen LogP) is -0.0884. The minimum absolute atomic E-state index is 0.130. The van der Waals surface area contributed by atoms with Crippen LogP contribution in [0, 0.1) is 17.8 Å². The molecule has 8 heteroatoms. The number of aliphatic hydroxyl groups is 1. The molecule has 0 heterocycles. The van der Waals surface area contributed by atoms with Crippen LogP contribution in [0.2, 0.25) is 0 Å². The molecule has 1 unspecified atom stereocenters. The van der Waals surface area contributed by atoms with Crippen LogP contribution in [0.1, 0.15) is 40.0 Å². The van der Waals surface area contributed by atoms with Gasteiger partial charge >= 0.3 is 5.97 Å². The molecule has 1 saturated carbocycles. The van der Waals surface area contributed by atoms with Gasteiger partial charge in [-0.15, -0.1) is 0 Å². The number of amides is 1. The Morgan fingerprint density at radius 2 is 1.92 bits per heavy atom. The van der Waals surface area contributed by atoms with E-state index in [0.29, 0.717) is 0 Å². The average Bonchev–Trinajstić information content (AvgIpc) is 2.83. The van der Waals surface area contributed by atoms with E-state index in [1.165, 1.54) is 14.0 Å². The fraction of sp³-hybridized carbons (Fsp3) is 0.812. The largest absolute Gasteiger partial charge is 0.481 e. The zero-order valence-electron chi connectivity index (χ0n) is 14.8. The Labute approximate surface area is 142 Å². The number of rotatable bonds is 7. The molecule has 1 aliphatic rings. The number of aliphatic carboxylic acids is 1. The summed E-state index contributed by atoms with van der Waals surface area (Å²) in [5.74, 6) is -2.29. The Bertz CT molecular complexity index is 479. The normalized spacial score (nSPS) is 28.7. The lowest BCUT2D eigenvalue weighted by molar-refractivity contribution is -0.145. The maximum absolute atomic E-state index is 11.7. The number of nitrogens with two attached hydrogens (primary N) is 1. The molecule has 0 aromatic rings. The van der Waals surface area contributed by atoms with Gasteiger partial charge in [0.15, 0.2) is 5.96 Å². The zero-order valence-corrected chi connectivity index (χ0v) is 14.8. The number of carbonyl (C=O) groups excluding carboxylic acids is 1. The van der Waals surface area contributed by atoms with E-state index in [2.05, 4.69) is 15.6 Å². The molecule has 0 aromatic carbocycles. The molecule has 6 N–H and O–H groups in total. The molecule has 0 spiro atoms. The molecule has 0 radical (unpaired) electrons. The topological polar surface area (TPSA) is 137 Å². The van der Waals surface area contributed by atoms with E-state index >= 15 is 0 Å². The van der Waals surface area contributed by atoms with Crippen LogP contribution in [0.4, 0.5) is 0 Å². The standard InChI is InChI=1S/C16H30N4O4/c1-5-9(6-2)13(19-8(3)21)12-11(20-16(17)18-4)7-10(14(12)22)15(23)24/h9-14,22H,5-7H2,1-4H3,(H,19,21)(H,23,24)(H3,17,18,20)/t10-,11+,12+,13?,14+/m0/s1. The number of carboxylic acid groups (broad SMARTS) is 1. The van der Waals surface area contributed by atoms with Crippen LogP contribution in [-0.2, 0) is 9.59 Å². The first kappa shape index (κ1) is 20.2. The van der Waals surface area contributed by atoms with Gasteiger partial charge in [0.25, 0.3) is 0 Å². The number of nitrogens with zero attached hydrogens (tertiary/aromatic N) is 1. The predicted molar refractivity (Wildman–Crippen MR) is 91.4 cm³/mol. The third-order valence-electron chi connectivity index (χ3n) is 5.01. The first-order chi connectivity index (χ1) is 11.3. The highest BCUT2D eigenvalue weighted by atomic mass is 16.4. The molecule has 138 valence electrons. The summed E-state index contributed by atoms with van der Waals surface area (Å²) in [7, 11) is 1.53. The van der Waals surface area contributed by atoms with Crippen LogP contribution in [-0.4, -0.2) is 53.3 Å². The fourth-order valence-corrected chi connectivity index (χ4v) is 3.76. The maximum Gasteiger partial charge on any atom is 0.309 e. The molecule has 0 bridgehead atoms. The third-order valence-corrected chi connectivity index (χ3v) is 5.01. The van der Waals surface area contributed by atoms with E-state index in [0.717, 1.165) is 12.8 Å². The van der Waals surface area contributed by atoms with Gasteiger partial charge in [0.2, 0.25) is 5.91 Å². The summed E-state index contributed by atoms with van der Waals surface area (Å²) in [6.07, 6.45) is 0.786. The number of hydrogen-bond donors (Lipinski definition) is 5. The van der Waals surface area contributed by atoms with Crippen LogP contribution in [0.25, 0.3) is 0 Å². The van der Waals surface area contributed by atoms with Gasteiger partial charge in [-0.3, -0.25) is 14.6 Å². The van der Waals surface area contributed by atoms with Gasteiger partial charge in [0, 0.05) is 32.0 Å². The summed E-state index contributed by atoms with van der Waals surface area (Å²) < 4.78 is 0. The Morgan fingerprint density at radius 1 is 1.33 bits per heavy atom. The van der Waals surface area contributed by atoms with Crippen molar-refractivity contribution in [2.24, 2.45) is 28.5 Å². The number of carboxylic acids is 1. The number of nitrogens with one attached hydrogen (secondary N) is 2. The Balaban J connectivity index is 3.20. The molecule has 1 amide bonds. The molecule has 24 heavy (non-hydrogen) atoms. The van der Waals surface area contributed by atoms with Gasteiger partial charge in [0.1, 0.15) is 0 Å². The minimum atomic E-state index is -1.07. The molecule has 0 aromatic heterocycles. The number of aliphatic imine (C=N–C) groups is 1. The third kappa shape index (κ3) is 4.59. The maximum atomic E-state index is 11.7. The quantitative estimate of drug-likeness (QED) is 0.324. The summed E-state index contributed by atoms with van der Waals surface area (Å²) >= 11 is 0. The van der Waals surface area contributed by atoms with E-state index in [9.17, 15) is 19.8 Å². The lowest BCUT2D eigenvalue weighted by atomic mass is 9.80.